The van der Waals surface area contributed by atoms with Gasteiger partial charge in [-0.25, -0.2) is 15.0 Å². The molecule has 0 spiro atoms. The van der Waals surface area contributed by atoms with Gasteiger partial charge in [-0.05, 0) is 91.0 Å². The van der Waals surface area contributed by atoms with Crippen molar-refractivity contribution in [3.05, 3.63) is 285 Å². The highest BCUT2D eigenvalue weighted by molar-refractivity contribution is 6.21. The summed E-state index contributed by atoms with van der Waals surface area (Å²) in [6.45, 7) is 0. The van der Waals surface area contributed by atoms with Crippen molar-refractivity contribution >= 4 is 87.2 Å². The first kappa shape index (κ1) is 49.3. The molecular formula is C76H46F3N7. The second-order valence-corrected chi connectivity index (χ2v) is 21.9. The van der Waals surface area contributed by atoms with E-state index in [0.29, 0.717) is 45.5 Å². The predicted molar refractivity (Wildman–Crippen MR) is 344 cm³/mol. The Morgan fingerprint density at radius 2 is 0.570 bits per heavy atom. The van der Waals surface area contributed by atoms with E-state index in [4.69, 9.17) is 15.0 Å². The van der Waals surface area contributed by atoms with Crippen molar-refractivity contribution in [2.75, 3.05) is 0 Å². The molecule has 0 saturated heterocycles. The number of aromatic nitrogens is 7. The molecule has 0 aliphatic rings. The van der Waals surface area contributed by atoms with E-state index < -0.39 is 11.7 Å². The van der Waals surface area contributed by atoms with Gasteiger partial charge in [0.15, 0.2) is 17.5 Å². The average Bonchev–Trinajstić information content (AvgIpc) is 1.71. The normalized spacial score (nSPS) is 12.1. The summed E-state index contributed by atoms with van der Waals surface area (Å²) < 4.78 is 55.9. The van der Waals surface area contributed by atoms with E-state index >= 15 is 13.2 Å². The Bertz CT molecular complexity index is 5510. The largest absolute Gasteiger partial charge is 0.416 e. The SMILES string of the molecule is FC(F)(F)c1ccc(-c2ccc(-c3nc(-c4ccccc4)nc(-c4ccccc4)n3)cc2-n2c3ccccc3c3cc4c5ccccc5n(-c5ccccc5)c4cc32)c(-n2c3ccccc3c3cc4c5ccccc5n(-c5ccccc5)c4cc32)c1. The third kappa shape index (κ3) is 7.66. The Hall–Kier alpha value is -11.4. The monoisotopic (exact) mass is 1110 g/mol. The minimum absolute atomic E-state index is 0.368. The molecule has 0 aliphatic heterocycles. The maximum atomic E-state index is 15.7. The molecule has 10 heteroatoms. The highest BCUT2D eigenvalue weighted by Gasteiger charge is 2.33. The van der Waals surface area contributed by atoms with Crippen molar-refractivity contribution in [3.8, 4) is 68.0 Å². The number of hydrogen-bond acceptors (Lipinski definition) is 3. The molecular weight excluding hydrogens is 1070 g/mol. The molecule has 0 atom stereocenters. The van der Waals surface area contributed by atoms with Crippen LogP contribution in [0.1, 0.15) is 5.56 Å². The first-order valence-electron chi connectivity index (χ1n) is 28.6. The highest BCUT2D eigenvalue weighted by Crippen LogP contribution is 2.47. The average molecular weight is 1110 g/mol. The van der Waals surface area contributed by atoms with Gasteiger partial charge in [0.25, 0.3) is 0 Å². The lowest BCUT2D eigenvalue weighted by Gasteiger charge is -2.21. The minimum Gasteiger partial charge on any atom is -0.309 e. The first-order valence-corrected chi connectivity index (χ1v) is 28.6. The summed E-state index contributed by atoms with van der Waals surface area (Å²) in [5.41, 5.74) is 13.3. The van der Waals surface area contributed by atoms with Crippen LogP contribution in [0.2, 0.25) is 0 Å². The zero-order chi connectivity index (χ0) is 57.2. The predicted octanol–water partition coefficient (Wildman–Crippen LogP) is 19.9. The van der Waals surface area contributed by atoms with E-state index in [1.165, 1.54) is 12.1 Å². The second kappa shape index (κ2) is 19.1. The van der Waals surface area contributed by atoms with Crippen LogP contribution in [0.25, 0.3) is 155 Å². The molecule has 17 rings (SSSR count). The number of para-hydroxylation sites is 6. The van der Waals surface area contributed by atoms with Crippen LogP contribution >= 0.6 is 0 Å². The second-order valence-electron chi connectivity index (χ2n) is 21.9. The van der Waals surface area contributed by atoms with Crippen molar-refractivity contribution in [1.82, 2.24) is 33.2 Å². The Morgan fingerprint density at radius 3 is 0.977 bits per heavy atom. The summed E-state index contributed by atoms with van der Waals surface area (Å²) in [5.74, 6) is 1.44. The lowest BCUT2D eigenvalue weighted by Crippen LogP contribution is -2.08. The van der Waals surface area contributed by atoms with Gasteiger partial charge in [0.05, 0.1) is 61.1 Å². The molecule has 17 aromatic rings. The van der Waals surface area contributed by atoms with Crippen LogP contribution in [-0.4, -0.2) is 33.2 Å². The number of nitrogens with zero attached hydrogens (tertiary/aromatic N) is 7. The molecule has 5 aromatic heterocycles. The van der Waals surface area contributed by atoms with Gasteiger partial charge in [0.2, 0.25) is 0 Å². The Morgan fingerprint density at radius 1 is 0.244 bits per heavy atom. The van der Waals surface area contributed by atoms with Crippen LogP contribution in [-0.2, 0) is 6.18 Å². The van der Waals surface area contributed by atoms with E-state index in [2.05, 4.69) is 147 Å². The maximum Gasteiger partial charge on any atom is 0.416 e. The quantitative estimate of drug-likeness (QED) is 0.152. The fourth-order valence-electron chi connectivity index (χ4n) is 13.2. The number of halogens is 3. The molecule has 5 heterocycles. The van der Waals surface area contributed by atoms with Gasteiger partial charge in [-0.3, -0.25) is 0 Å². The van der Waals surface area contributed by atoms with Gasteiger partial charge in [-0.15, -0.1) is 0 Å². The molecule has 12 aromatic carbocycles. The number of fused-ring (bicyclic) bond motifs is 12. The Balaban J connectivity index is 1.00. The number of rotatable bonds is 8. The summed E-state index contributed by atoms with van der Waals surface area (Å²) in [6, 6.07) is 92.9. The molecule has 86 heavy (non-hydrogen) atoms. The van der Waals surface area contributed by atoms with Crippen molar-refractivity contribution in [1.29, 1.82) is 0 Å². The molecule has 0 amide bonds. The summed E-state index contributed by atoms with van der Waals surface area (Å²) in [7, 11) is 0. The van der Waals surface area contributed by atoms with Gasteiger partial charge >= 0.3 is 6.18 Å². The van der Waals surface area contributed by atoms with E-state index in [1.54, 1.807) is 6.07 Å². The van der Waals surface area contributed by atoms with E-state index in [-0.39, 0.29) is 0 Å². The molecule has 0 aliphatic carbocycles. The minimum atomic E-state index is -4.67. The third-order valence-corrected chi connectivity index (χ3v) is 17.0. The summed E-state index contributed by atoms with van der Waals surface area (Å²) in [4.78, 5) is 15.5. The topological polar surface area (TPSA) is 58.4 Å². The summed E-state index contributed by atoms with van der Waals surface area (Å²) in [5, 5.41) is 8.20. The van der Waals surface area contributed by atoms with Crippen LogP contribution in [0.15, 0.2) is 279 Å². The van der Waals surface area contributed by atoms with Crippen LogP contribution in [0, 0.1) is 0 Å². The Labute approximate surface area is 490 Å². The standard InChI is InChI=1S/C76H46F3N7/c77-76(78,79)50-38-40-58(68(42-50)86-66-36-20-16-32-56(66)62-44-60-54-30-14-18-34-64(54)84(70(60)46-72(62)86)52-27-11-4-12-28-52)57-39-37-49(75-81-73(47-21-5-1-6-22-47)80-74(82-75)48-23-7-2-8-24-48)41-67(57)85-65-35-19-15-31-55(65)61-43-59-53-29-13-17-33-63(53)83(69(59)45-71(61)85)51-25-9-3-10-26-51/h1-46H. The van der Waals surface area contributed by atoms with Crippen LogP contribution in [0.3, 0.4) is 0 Å². The van der Waals surface area contributed by atoms with Gasteiger partial charge in [-0.2, -0.15) is 13.2 Å². The fraction of sp³-hybridized carbons (Fsp3) is 0.0132. The van der Waals surface area contributed by atoms with E-state index in [9.17, 15) is 0 Å². The fourth-order valence-corrected chi connectivity index (χ4v) is 13.2. The smallest absolute Gasteiger partial charge is 0.309 e. The molecule has 0 saturated carbocycles. The zero-order valence-corrected chi connectivity index (χ0v) is 45.8. The lowest BCUT2D eigenvalue weighted by molar-refractivity contribution is -0.137. The third-order valence-electron chi connectivity index (χ3n) is 17.0. The molecule has 0 bridgehead atoms. The van der Waals surface area contributed by atoms with Crippen molar-refractivity contribution < 1.29 is 13.2 Å². The highest BCUT2D eigenvalue weighted by atomic mass is 19.4. The molecule has 0 N–H and O–H groups in total. The molecule has 0 radical (unpaired) electrons. The Kier molecular flexibility index (Phi) is 10.9. The van der Waals surface area contributed by atoms with Crippen molar-refractivity contribution in [2.45, 2.75) is 6.18 Å². The molecule has 0 unspecified atom stereocenters. The van der Waals surface area contributed by atoms with Crippen molar-refractivity contribution in [3.63, 3.8) is 0 Å². The number of benzene rings is 12. The summed E-state index contributed by atoms with van der Waals surface area (Å²) >= 11 is 0. The van der Waals surface area contributed by atoms with Crippen LogP contribution < -0.4 is 0 Å². The first-order chi connectivity index (χ1) is 42.3. The van der Waals surface area contributed by atoms with E-state index in [1.807, 2.05) is 132 Å². The van der Waals surface area contributed by atoms with Gasteiger partial charge in [0.1, 0.15) is 0 Å². The van der Waals surface area contributed by atoms with Crippen LogP contribution in [0.5, 0.6) is 0 Å². The zero-order valence-electron chi connectivity index (χ0n) is 45.8. The van der Waals surface area contributed by atoms with Crippen LogP contribution in [0.4, 0.5) is 13.2 Å². The molecule has 7 nitrogen and oxygen atoms in total. The van der Waals surface area contributed by atoms with Gasteiger partial charge in [-0.1, -0.05) is 188 Å². The lowest BCUT2D eigenvalue weighted by atomic mass is 9.97. The van der Waals surface area contributed by atoms with Gasteiger partial charge in [0, 0.05) is 82.3 Å². The summed E-state index contributed by atoms with van der Waals surface area (Å²) in [6.07, 6.45) is -4.67. The number of hydrogen-bond donors (Lipinski definition) is 0. The molecule has 0 fully saturated rings. The van der Waals surface area contributed by atoms with E-state index in [0.717, 1.165) is 110 Å². The number of alkyl halides is 3. The van der Waals surface area contributed by atoms with Crippen molar-refractivity contribution in [2.24, 2.45) is 0 Å². The van der Waals surface area contributed by atoms with Gasteiger partial charge < -0.3 is 18.3 Å². The maximum absolute atomic E-state index is 15.7. The molecule has 406 valence electrons.